The van der Waals surface area contributed by atoms with Crippen molar-refractivity contribution < 1.29 is 9.90 Å². The van der Waals surface area contributed by atoms with Crippen LogP contribution in [-0.2, 0) is 11.3 Å². The molecule has 1 aromatic carbocycles. The lowest BCUT2D eigenvalue weighted by atomic mass is 10.1. The predicted molar refractivity (Wildman–Crippen MR) is 102 cm³/mol. The van der Waals surface area contributed by atoms with Gasteiger partial charge in [-0.1, -0.05) is 23.7 Å². The van der Waals surface area contributed by atoms with Crippen LogP contribution in [0.1, 0.15) is 21.3 Å². The summed E-state index contributed by atoms with van der Waals surface area (Å²) < 4.78 is 1.82. The molecule has 8 heteroatoms. The van der Waals surface area contributed by atoms with Crippen LogP contribution in [0, 0.1) is 0 Å². The quantitative estimate of drug-likeness (QED) is 0.704. The van der Waals surface area contributed by atoms with Gasteiger partial charge in [-0.3, -0.25) is 4.79 Å². The summed E-state index contributed by atoms with van der Waals surface area (Å²) in [6, 6.07) is 9.19. The molecule has 1 amide bonds. The lowest BCUT2D eigenvalue weighted by Gasteiger charge is -2.15. The molecule has 1 aliphatic heterocycles. The number of aromatic hydroxyl groups is 1. The first kappa shape index (κ1) is 16.5. The fourth-order valence-corrected chi connectivity index (χ4v) is 4.73. The van der Waals surface area contributed by atoms with Gasteiger partial charge in [0.1, 0.15) is 11.6 Å². The maximum atomic E-state index is 12.2. The number of hydrogen-bond acceptors (Lipinski definition) is 5. The van der Waals surface area contributed by atoms with Gasteiger partial charge in [-0.15, -0.1) is 23.1 Å². The van der Waals surface area contributed by atoms with Crippen LogP contribution < -0.4 is 5.32 Å². The van der Waals surface area contributed by atoms with Crippen LogP contribution in [0.5, 0.6) is 5.75 Å². The van der Waals surface area contributed by atoms with Crippen molar-refractivity contribution in [1.82, 2.24) is 9.78 Å². The molecule has 0 aliphatic carbocycles. The lowest BCUT2D eigenvalue weighted by Crippen LogP contribution is -2.16. The Balaban J connectivity index is 1.75. The molecule has 1 aliphatic rings. The summed E-state index contributed by atoms with van der Waals surface area (Å²) >= 11 is 9.24. The number of anilines is 1. The summed E-state index contributed by atoms with van der Waals surface area (Å²) in [4.78, 5) is 13.3. The highest BCUT2D eigenvalue weighted by atomic mass is 35.5. The van der Waals surface area contributed by atoms with E-state index < -0.39 is 0 Å². The minimum absolute atomic E-state index is 0.0480. The Morgan fingerprint density at radius 2 is 2.28 bits per heavy atom. The van der Waals surface area contributed by atoms with Crippen molar-refractivity contribution in [1.29, 1.82) is 0 Å². The molecule has 0 bridgehead atoms. The van der Waals surface area contributed by atoms with Crippen LogP contribution in [0.4, 0.5) is 5.82 Å². The second kappa shape index (κ2) is 6.74. The van der Waals surface area contributed by atoms with Crippen LogP contribution in [0.15, 0.2) is 41.9 Å². The molecule has 0 saturated carbocycles. The van der Waals surface area contributed by atoms with E-state index in [0.29, 0.717) is 17.3 Å². The van der Waals surface area contributed by atoms with Crippen LogP contribution >= 0.6 is 34.7 Å². The Morgan fingerprint density at radius 1 is 1.40 bits per heavy atom. The highest BCUT2D eigenvalue weighted by Gasteiger charge is 2.28. The lowest BCUT2D eigenvalue weighted by molar-refractivity contribution is -0.113. The standard InChI is InChI=1S/C17H14ClN3O2S2/c18-13-6-10(3-4-14(13)22)16-12-7-19-21(8-11-2-1-5-24-11)17(12)20-15(23)9-25-16/h1-7,16,22H,8-9H2,(H,20,23)/t16-/m1/s1. The van der Waals surface area contributed by atoms with E-state index in [1.165, 1.54) is 16.6 Å². The normalized spacial score (nSPS) is 17.0. The van der Waals surface area contributed by atoms with Gasteiger partial charge in [0.15, 0.2) is 0 Å². The Morgan fingerprint density at radius 3 is 3.04 bits per heavy atom. The van der Waals surface area contributed by atoms with E-state index in [1.54, 1.807) is 29.7 Å². The molecule has 0 saturated heterocycles. The molecule has 128 valence electrons. The van der Waals surface area contributed by atoms with Crippen LogP contribution in [0.2, 0.25) is 5.02 Å². The highest BCUT2D eigenvalue weighted by Crippen LogP contribution is 2.43. The van der Waals surface area contributed by atoms with E-state index in [-0.39, 0.29) is 16.9 Å². The molecule has 25 heavy (non-hydrogen) atoms. The van der Waals surface area contributed by atoms with Crippen molar-refractivity contribution >= 4 is 46.4 Å². The molecule has 0 radical (unpaired) electrons. The summed E-state index contributed by atoms with van der Waals surface area (Å²) in [5.74, 6) is 1.06. The summed E-state index contributed by atoms with van der Waals surface area (Å²) in [5.41, 5.74) is 1.87. The number of phenols is 1. The first-order valence-corrected chi connectivity index (χ1v) is 9.90. The largest absolute Gasteiger partial charge is 0.506 e. The number of halogens is 1. The Bertz CT molecular complexity index is 924. The van der Waals surface area contributed by atoms with Crippen molar-refractivity contribution in [2.24, 2.45) is 0 Å². The van der Waals surface area contributed by atoms with E-state index in [1.807, 2.05) is 28.3 Å². The monoisotopic (exact) mass is 391 g/mol. The number of aromatic nitrogens is 2. The molecule has 0 unspecified atom stereocenters. The molecule has 3 aromatic rings. The zero-order valence-electron chi connectivity index (χ0n) is 13.0. The highest BCUT2D eigenvalue weighted by molar-refractivity contribution is 8.00. The van der Waals surface area contributed by atoms with E-state index in [9.17, 15) is 9.90 Å². The number of benzene rings is 1. The first-order chi connectivity index (χ1) is 12.1. The Labute approximate surface area is 157 Å². The molecule has 2 aromatic heterocycles. The summed E-state index contributed by atoms with van der Waals surface area (Å²) in [5, 5.41) is 19.4. The molecule has 5 nitrogen and oxygen atoms in total. The number of thioether (sulfide) groups is 1. The molecule has 0 spiro atoms. The van der Waals surface area contributed by atoms with E-state index in [0.717, 1.165) is 16.9 Å². The number of amides is 1. The Kier molecular flexibility index (Phi) is 4.45. The van der Waals surface area contributed by atoms with Gasteiger partial charge in [0.25, 0.3) is 0 Å². The van der Waals surface area contributed by atoms with Crippen molar-refractivity contribution in [2.75, 3.05) is 11.1 Å². The maximum absolute atomic E-state index is 12.2. The molecule has 1 atom stereocenters. The van der Waals surface area contributed by atoms with Gasteiger partial charge in [0, 0.05) is 10.4 Å². The predicted octanol–water partition coefficient (Wildman–Crippen LogP) is 4.13. The number of nitrogens with one attached hydrogen (secondary N) is 1. The van der Waals surface area contributed by atoms with Gasteiger partial charge in [-0.25, -0.2) is 4.68 Å². The zero-order chi connectivity index (χ0) is 17.4. The second-order valence-electron chi connectivity index (χ2n) is 5.64. The van der Waals surface area contributed by atoms with Crippen molar-refractivity contribution in [3.8, 4) is 5.75 Å². The van der Waals surface area contributed by atoms with Gasteiger partial charge < -0.3 is 10.4 Å². The average molecular weight is 392 g/mol. The molecule has 3 heterocycles. The van der Waals surface area contributed by atoms with Gasteiger partial charge in [0.05, 0.1) is 28.8 Å². The summed E-state index contributed by atoms with van der Waals surface area (Å²) in [7, 11) is 0. The van der Waals surface area contributed by atoms with Crippen LogP contribution in [-0.4, -0.2) is 26.5 Å². The van der Waals surface area contributed by atoms with Crippen molar-refractivity contribution in [3.63, 3.8) is 0 Å². The number of carbonyl (C=O) groups is 1. The van der Waals surface area contributed by atoms with Crippen molar-refractivity contribution in [3.05, 3.63) is 62.9 Å². The number of fused-ring (bicyclic) bond motifs is 1. The minimum Gasteiger partial charge on any atom is -0.506 e. The van der Waals surface area contributed by atoms with Crippen LogP contribution in [0.3, 0.4) is 0 Å². The minimum atomic E-state index is -0.0795. The van der Waals surface area contributed by atoms with E-state index in [4.69, 9.17) is 11.6 Å². The Hall–Kier alpha value is -1.96. The molecule has 0 fully saturated rings. The second-order valence-corrected chi connectivity index (χ2v) is 8.17. The van der Waals surface area contributed by atoms with Crippen molar-refractivity contribution in [2.45, 2.75) is 11.8 Å². The zero-order valence-corrected chi connectivity index (χ0v) is 15.4. The number of nitrogens with zero attached hydrogens (tertiary/aromatic N) is 2. The fourth-order valence-electron chi connectivity index (χ4n) is 2.78. The van der Waals surface area contributed by atoms with Gasteiger partial charge in [-0.2, -0.15) is 5.10 Å². The van der Waals surface area contributed by atoms with Gasteiger partial charge >= 0.3 is 0 Å². The molecular formula is C17H14ClN3O2S2. The van der Waals surface area contributed by atoms with E-state index >= 15 is 0 Å². The third kappa shape index (κ3) is 3.27. The number of rotatable bonds is 3. The third-order valence-electron chi connectivity index (χ3n) is 3.95. The smallest absolute Gasteiger partial charge is 0.235 e. The number of hydrogen-bond donors (Lipinski definition) is 2. The summed E-state index contributed by atoms with van der Waals surface area (Å²) in [6.45, 7) is 0.612. The first-order valence-electron chi connectivity index (χ1n) is 7.60. The topological polar surface area (TPSA) is 67.1 Å². The molecule has 2 N–H and O–H groups in total. The fraction of sp³-hybridized carbons (Fsp3) is 0.176. The van der Waals surface area contributed by atoms with Crippen LogP contribution in [0.25, 0.3) is 0 Å². The maximum Gasteiger partial charge on any atom is 0.235 e. The third-order valence-corrected chi connectivity index (χ3v) is 6.40. The molecule has 4 rings (SSSR count). The molecular weight excluding hydrogens is 378 g/mol. The number of carbonyl (C=O) groups excluding carboxylic acids is 1. The summed E-state index contributed by atoms with van der Waals surface area (Å²) in [6.07, 6.45) is 1.80. The number of thiophene rings is 1. The van der Waals surface area contributed by atoms with Gasteiger partial charge in [-0.05, 0) is 29.1 Å². The number of phenolic OH excluding ortho intramolecular Hbond substituents is 1. The van der Waals surface area contributed by atoms with Gasteiger partial charge in [0.2, 0.25) is 5.91 Å². The average Bonchev–Trinajstić information content (AvgIpc) is 3.19. The SMILES string of the molecule is O=C1CS[C@H](c2ccc(O)c(Cl)c2)c2cnn(Cc3cccs3)c2N1. The van der Waals surface area contributed by atoms with E-state index in [2.05, 4.69) is 10.4 Å².